The molecule has 2 heteroatoms. The van der Waals surface area contributed by atoms with Crippen molar-refractivity contribution in [2.24, 2.45) is 11.8 Å². The molecule has 1 rings (SSSR count). The van der Waals surface area contributed by atoms with Gasteiger partial charge in [-0.3, -0.25) is 0 Å². The van der Waals surface area contributed by atoms with Crippen LogP contribution in [0.3, 0.4) is 0 Å². The average molecular weight is 272 g/mol. The van der Waals surface area contributed by atoms with Crippen molar-refractivity contribution >= 4 is 11.8 Å². The lowest BCUT2D eigenvalue weighted by Crippen LogP contribution is -2.43. The predicted octanol–water partition coefficient (Wildman–Crippen LogP) is 4.71. The molecule has 0 atom stereocenters. The van der Waals surface area contributed by atoms with Crippen molar-refractivity contribution in [3.05, 3.63) is 0 Å². The first-order valence-electron chi connectivity index (χ1n) is 7.85. The van der Waals surface area contributed by atoms with Gasteiger partial charge in [-0.15, -0.1) is 0 Å². The molecule has 0 saturated heterocycles. The molecule has 1 aliphatic rings. The summed E-state index contributed by atoms with van der Waals surface area (Å²) in [7, 11) is 0. The molecule has 0 spiro atoms. The van der Waals surface area contributed by atoms with E-state index in [1.54, 1.807) is 0 Å². The largest absolute Gasteiger partial charge is 0.313 e. The van der Waals surface area contributed by atoms with Gasteiger partial charge in [0, 0.05) is 17.3 Å². The summed E-state index contributed by atoms with van der Waals surface area (Å²) in [5.41, 5.74) is 0. The Balaban J connectivity index is 2.33. The Bertz CT molecular complexity index is 207. The van der Waals surface area contributed by atoms with Crippen LogP contribution in [0.2, 0.25) is 0 Å². The summed E-state index contributed by atoms with van der Waals surface area (Å²) in [6.45, 7) is 10.6. The van der Waals surface area contributed by atoms with Gasteiger partial charge in [-0.25, -0.2) is 0 Å². The van der Waals surface area contributed by atoms with Crippen LogP contribution in [0.15, 0.2) is 0 Å². The second-order valence-electron chi connectivity index (χ2n) is 6.33. The van der Waals surface area contributed by atoms with Gasteiger partial charge >= 0.3 is 0 Å². The molecule has 108 valence electrons. The maximum atomic E-state index is 3.85. The second kappa shape index (κ2) is 7.79. The van der Waals surface area contributed by atoms with Crippen LogP contribution in [0, 0.1) is 11.8 Å². The third-order valence-corrected chi connectivity index (χ3v) is 6.74. The number of hydrogen-bond donors (Lipinski definition) is 1. The molecule has 0 aromatic rings. The summed E-state index contributed by atoms with van der Waals surface area (Å²) in [5.74, 6) is 1.85. The van der Waals surface area contributed by atoms with Crippen molar-refractivity contribution in [3.63, 3.8) is 0 Å². The summed E-state index contributed by atoms with van der Waals surface area (Å²) in [5, 5.41) is 3.85. The van der Waals surface area contributed by atoms with E-state index in [9.17, 15) is 0 Å². The summed E-state index contributed by atoms with van der Waals surface area (Å²) < 4.78 is 0.467. The lowest BCUT2D eigenvalue weighted by molar-refractivity contribution is 0.235. The highest BCUT2D eigenvalue weighted by atomic mass is 32.2. The fraction of sp³-hybridized carbons (Fsp3) is 1.00. The van der Waals surface area contributed by atoms with Crippen molar-refractivity contribution < 1.29 is 0 Å². The van der Waals surface area contributed by atoms with E-state index >= 15 is 0 Å². The van der Waals surface area contributed by atoms with Gasteiger partial charge < -0.3 is 5.32 Å². The minimum absolute atomic E-state index is 0.467. The molecule has 0 aromatic carbocycles. The van der Waals surface area contributed by atoms with Crippen LogP contribution in [-0.2, 0) is 0 Å². The minimum atomic E-state index is 0.467. The van der Waals surface area contributed by atoms with Crippen molar-refractivity contribution in [2.45, 2.75) is 77.0 Å². The number of rotatable bonds is 7. The molecular weight excluding hydrogens is 238 g/mol. The molecule has 1 saturated carbocycles. The number of nitrogens with one attached hydrogen (secondary N) is 1. The Labute approximate surface area is 119 Å². The molecule has 0 aromatic heterocycles. The minimum Gasteiger partial charge on any atom is -0.313 e. The normalized spacial score (nSPS) is 25.7. The van der Waals surface area contributed by atoms with Crippen molar-refractivity contribution in [1.29, 1.82) is 0 Å². The lowest BCUT2D eigenvalue weighted by Gasteiger charge is -2.35. The molecule has 1 nitrogen and oxygen atoms in total. The molecule has 0 aliphatic heterocycles. The van der Waals surface area contributed by atoms with E-state index in [2.05, 4.69) is 39.3 Å². The molecule has 0 bridgehead atoms. The molecule has 0 heterocycles. The molecular formula is C16H33NS. The average Bonchev–Trinajstić information content (AvgIpc) is 2.41. The predicted molar refractivity (Wildman–Crippen MR) is 85.4 cm³/mol. The van der Waals surface area contributed by atoms with E-state index in [1.165, 1.54) is 45.1 Å². The highest BCUT2D eigenvalue weighted by Gasteiger charge is 2.28. The Morgan fingerprint density at radius 1 is 1.11 bits per heavy atom. The third kappa shape index (κ3) is 4.45. The molecule has 0 unspecified atom stereocenters. The molecule has 1 fully saturated rings. The molecule has 1 N–H and O–H groups in total. The second-order valence-corrected chi connectivity index (χ2v) is 7.61. The van der Waals surface area contributed by atoms with Crippen LogP contribution < -0.4 is 5.32 Å². The molecule has 0 amide bonds. The first kappa shape index (κ1) is 16.4. The van der Waals surface area contributed by atoms with E-state index in [4.69, 9.17) is 0 Å². The zero-order valence-corrected chi connectivity index (χ0v) is 13.9. The van der Waals surface area contributed by atoms with E-state index in [-0.39, 0.29) is 0 Å². The van der Waals surface area contributed by atoms with Gasteiger partial charge in [0.2, 0.25) is 0 Å². The van der Waals surface area contributed by atoms with Crippen LogP contribution in [-0.4, -0.2) is 23.6 Å². The van der Waals surface area contributed by atoms with Crippen LogP contribution >= 0.6 is 11.8 Å². The maximum absolute atomic E-state index is 3.85. The highest BCUT2D eigenvalue weighted by Crippen LogP contribution is 2.32. The summed E-state index contributed by atoms with van der Waals surface area (Å²) in [4.78, 5) is 0. The molecule has 18 heavy (non-hydrogen) atoms. The van der Waals surface area contributed by atoms with Gasteiger partial charge in [0.15, 0.2) is 0 Å². The fourth-order valence-corrected chi connectivity index (χ4v) is 3.99. The van der Waals surface area contributed by atoms with Crippen LogP contribution in [0.5, 0.6) is 0 Å². The zero-order valence-electron chi connectivity index (χ0n) is 13.1. The summed E-state index contributed by atoms with van der Waals surface area (Å²) in [6.07, 6.45) is 10.5. The smallest absolute Gasteiger partial charge is 0.0276 e. The molecule has 1 aliphatic carbocycles. The standard InChI is InChI=1S/C16H33NS/c1-6-16(7-2,18-5)12-17-15-10-8-14(9-11-15)13(3)4/h13-15,17H,6-12H2,1-5H3. The lowest BCUT2D eigenvalue weighted by atomic mass is 9.79. The number of hydrogen-bond acceptors (Lipinski definition) is 2. The van der Waals surface area contributed by atoms with Gasteiger partial charge in [-0.2, -0.15) is 11.8 Å². The highest BCUT2D eigenvalue weighted by molar-refractivity contribution is 8.00. The van der Waals surface area contributed by atoms with Crippen LogP contribution in [0.25, 0.3) is 0 Å². The quantitative estimate of drug-likeness (QED) is 0.719. The van der Waals surface area contributed by atoms with Gasteiger partial charge in [0.25, 0.3) is 0 Å². The summed E-state index contributed by atoms with van der Waals surface area (Å²) >= 11 is 2.05. The molecule has 0 radical (unpaired) electrons. The van der Waals surface area contributed by atoms with Gasteiger partial charge in [0.1, 0.15) is 0 Å². The van der Waals surface area contributed by atoms with Crippen LogP contribution in [0.4, 0.5) is 0 Å². The first-order chi connectivity index (χ1) is 8.56. The van der Waals surface area contributed by atoms with E-state index < -0.39 is 0 Å². The Morgan fingerprint density at radius 2 is 1.67 bits per heavy atom. The van der Waals surface area contributed by atoms with Crippen molar-refractivity contribution in [3.8, 4) is 0 Å². The Morgan fingerprint density at radius 3 is 2.06 bits per heavy atom. The van der Waals surface area contributed by atoms with Gasteiger partial charge in [-0.05, 0) is 56.6 Å². The number of thioether (sulfide) groups is 1. The SMILES string of the molecule is CCC(CC)(CNC1CCC(C(C)C)CC1)SC. The third-order valence-electron chi connectivity index (χ3n) is 5.15. The topological polar surface area (TPSA) is 12.0 Å². The van der Waals surface area contributed by atoms with Gasteiger partial charge in [-0.1, -0.05) is 27.7 Å². The zero-order chi connectivity index (χ0) is 13.6. The maximum Gasteiger partial charge on any atom is 0.0276 e. The van der Waals surface area contributed by atoms with Crippen molar-refractivity contribution in [1.82, 2.24) is 5.32 Å². The Kier molecular flexibility index (Phi) is 7.08. The van der Waals surface area contributed by atoms with Crippen molar-refractivity contribution in [2.75, 3.05) is 12.8 Å². The summed E-state index contributed by atoms with van der Waals surface area (Å²) in [6, 6.07) is 0.782. The fourth-order valence-electron chi connectivity index (χ4n) is 3.18. The van der Waals surface area contributed by atoms with E-state index in [0.29, 0.717) is 4.75 Å². The monoisotopic (exact) mass is 271 g/mol. The Hall–Kier alpha value is 0.310. The van der Waals surface area contributed by atoms with Crippen LogP contribution in [0.1, 0.15) is 66.2 Å². The van der Waals surface area contributed by atoms with Gasteiger partial charge in [0.05, 0.1) is 0 Å². The van der Waals surface area contributed by atoms with E-state index in [0.717, 1.165) is 17.9 Å². The van der Waals surface area contributed by atoms with E-state index in [1.807, 2.05) is 11.8 Å². The first-order valence-corrected chi connectivity index (χ1v) is 9.08.